The van der Waals surface area contributed by atoms with Crippen LogP contribution in [0.4, 0.5) is 5.82 Å². The van der Waals surface area contributed by atoms with Gasteiger partial charge in [0.15, 0.2) is 0 Å². The molecule has 1 amide bonds. The normalized spacial score (nSPS) is 20.3. The second-order valence-corrected chi connectivity index (χ2v) is 6.70. The van der Waals surface area contributed by atoms with Crippen molar-refractivity contribution in [1.29, 1.82) is 0 Å². The highest BCUT2D eigenvalue weighted by Gasteiger charge is 2.36. The highest BCUT2D eigenvalue weighted by atomic mass is 16.4. The van der Waals surface area contributed by atoms with E-state index in [0.29, 0.717) is 11.7 Å². The second-order valence-electron chi connectivity index (χ2n) is 6.70. The maximum Gasteiger partial charge on any atom is 0.320 e. The van der Waals surface area contributed by atoms with Crippen LogP contribution in [-0.4, -0.2) is 50.3 Å². The fourth-order valence-electron chi connectivity index (χ4n) is 2.99. The van der Waals surface area contributed by atoms with E-state index in [-0.39, 0.29) is 24.5 Å². The molecule has 1 heterocycles. The van der Waals surface area contributed by atoms with Crippen LogP contribution in [-0.2, 0) is 9.59 Å². The van der Waals surface area contributed by atoms with Crippen molar-refractivity contribution >= 4 is 17.7 Å². The molecular weight excluding hydrogens is 296 g/mol. The van der Waals surface area contributed by atoms with Crippen LogP contribution in [0.25, 0.3) is 0 Å². The summed E-state index contributed by atoms with van der Waals surface area (Å²) in [7, 11) is 0. The zero-order valence-electron chi connectivity index (χ0n) is 13.6. The van der Waals surface area contributed by atoms with E-state index >= 15 is 0 Å². The van der Waals surface area contributed by atoms with E-state index in [4.69, 9.17) is 0 Å². The molecular formula is C16H24N4O3. The topological polar surface area (TPSA) is 87.5 Å². The molecule has 2 unspecified atom stereocenters. The lowest BCUT2D eigenvalue weighted by Gasteiger charge is -2.25. The van der Waals surface area contributed by atoms with Crippen molar-refractivity contribution in [3.63, 3.8) is 0 Å². The van der Waals surface area contributed by atoms with E-state index in [1.807, 2.05) is 4.68 Å². The molecule has 0 aromatic carbocycles. The van der Waals surface area contributed by atoms with E-state index in [0.717, 1.165) is 12.8 Å². The van der Waals surface area contributed by atoms with Crippen molar-refractivity contribution in [2.75, 3.05) is 11.9 Å². The Morgan fingerprint density at radius 3 is 2.65 bits per heavy atom. The Morgan fingerprint density at radius 1 is 1.39 bits per heavy atom. The number of nitrogens with one attached hydrogen (secondary N) is 1. The van der Waals surface area contributed by atoms with Crippen LogP contribution in [0.3, 0.4) is 0 Å². The Labute approximate surface area is 135 Å². The Kier molecular flexibility index (Phi) is 4.39. The Hall–Kier alpha value is -1.89. The summed E-state index contributed by atoms with van der Waals surface area (Å²) in [6.07, 6.45) is 6.02. The number of aliphatic carboxylic acids is 1. The third kappa shape index (κ3) is 3.72. The minimum atomic E-state index is -0.892. The lowest BCUT2D eigenvalue weighted by molar-refractivity contribution is -0.143. The molecule has 2 fully saturated rings. The maximum atomic E-state index is 12.4. The molecule has 23 heavy (non-hydrogen) atoms. The van der Waals surface area contributed by atoms with Gasteiger partial charge in [-0.1, -0.05) is 0 Å². The number of anilines is 1. The molecule has 0 bridgehead atoms. The van der Waals surface area contributed by atoms with E-state index < -0.39 is 12.0 Å². The third-order valence-corrected chi connectivity index (χ3v) is 4.82. The van der Waals surface area contributed by atoms with Gasteiger partial charge >= 0.3 is 5.97 Å². The van der Waals surface area contributed by atoms with Crippen molar-refractivity contribution in [3.8, 4) is 0 Å². The summed E-state index contributed by atoms with van der Waals surface area (Å²) >= 11 is 0. The fourth-order valence-corrected chi connectivity index (χ4v) is 2.99. The number of carboxylic acids is 1. The van der Waals surface area contributed by atoms with Crippen LogP contribution in [0.2, 0.25) is 0 Å². The number of carboxylic acid groups (broad SMARTS) is 1. The van der Waals surface area contributed by atoms with Crippen molar-refractivity contribution in [3.05, 3.63) is 12.3 Å². The van der Waals surface area contributed by atoms with Crippen LogP contribution in [0, 0.1) is 5.92 Å². The standard InChI is InChI=1S/C16H24N4O3/c1-10(12-3-4-12)20-14(7-8-17-20)18-15(21)9-19(13-5-6-13)11(2)16(22)23/h7-8,10-13H,3-6,9H2,1-2H3,(H,18,21)(H,22,23). The van der Waals surface area contributed by atoms with Gasteiger partial charge in [-0.2, -0.15) is 5.10 Å². The van der Waals surface area contributed by atoms with Gasteiger partial charge < -0.3 is 10.4 Å². The quantitative estimate of drug-likeness (QED) is 0.761. The van der Waals surface area contributed by atoms with Gasteiger partial charge in [0.2, 0.25) is 5.91 Å². The number of rotatable bonds is 8. The van der Waals surface area contributed by atoms with Crippen molar-refractivity contribution in [2.45, 2.75) is 57.7 Å². The minimum Gasteiger partial charge on any atom is -0.480 e. The average Bonchev–Trinajstić information content (AvgIpc) is 3.41. The number of carbonyl (C=O) groups excluding carboxylic acids is 1. The zero-order valence-corrected chi connectivity index (χ0v) is 13.6. The molecule has 7 heteroatoms. The van der Waals surface area contributed by atoms with Crippen molar-refractivity contribution in [2.24, 2.45) is 5.92 Å². The first-order valence-corrected chi connectivity index (χ1v) is 8.29. The van der Waals surface area contributed by atoms with Gasteiger partial charge in [-0.25, -0.2) is 4.68 Å². The predicted molar refractivity (Wildman–Crippen MR) is 85.1 cm³/mol. The SMILES string of the molecule is CC(C(=O)O)N(CC(=O)Nc1ccnn1C(C)C1CC1)C1CC1. The molecule has 1 aromatic heterocycles. The molecule has 126 valence electrons. The first kappa shape index (κ1) is 16.0. The Bertz CT molecular complexity index is 592. The van der Waals surface area contributed by atoms with E-state index in [1.165, 1.54) is 12.8 Å². The molecule has 1 aromatic rings. The van der Waals surface area contributed by atoms with Crippen LogP contribution in [0.1, 0.15) is 45.6 Å². The number of nitrogens with zero attached hydrogens (tertiary/aromatic N) is 3. The van der Waals surface area contributed by atoms with Gasteiger partial charge in [-0.3, -0.25) is 14.5 Å². The molecule has 7 nitrogen and oxygen atoms in total. The minimum absolute atomic E-state index is 0.0983. The summed E-state index contributed by atoms with van der Waals surface area (Å²) < 4.78 is 1.86. The zero-order chi connectivity index (χ0) is 16.6. The van der Waals surface area contributed by atoms with E-state index in [1.54, 1.807) is 24.1 Å². The van der Waals surface area contributed by atoms with Crippen LogP contribution in [0.5, 0.6) is 0 Å². The Balaban J connectivity index is 1.62. The molecule has 2 aliphatic rings. The third-order valence-electron chi connectivity index (χ3n) is 4.82. The molecule has 2 aliphatic carbocycles. The van der Waals surface area contributed by atoms with Gasteiger partial charge in [0.05, 0.1) is 18.8 Å². The van der Waals surface area contributed by atoms with Gasteiger partial charge in [-0.15, -0.1) is 0 Å². The first-order chi connectivity index (χ1) is 11.0. The summed E-state index contributed by atoms with van der Waals surface area (Å²) in [5.41, 5.74) is 0. The molecule has 0 saturated heterocycles. The monoisotopic (exact) mass is 320 g/mol. The van der Waals surface area contributed by atoms with Crippen molar-refractivity contribution in [1.82, 2.24) is 14.7 Å². The van der Waals surface area contributed by atoms with Crippen LogP contribution in [0.15, 0.2) is 12.3 Å². The number of hydrogen-bond acceptors (Lipinski definition) is 4. The van der Waals surface area contributed by atoms with Crippen molar-refractivity contribution < 1.29 is 14.7 Å². The van der Waals surface area contributed by atoms with E-state index in [2.05, 4.69) is 17.3 Å². The smallest absolute Gasteiger partial charge is 0.320 e. The fraction of sp³-hybridized carbons (Fsp3) is 0.688. The van der Waals surface area contributed by atoms with Crippen LogP contribution >= 0.6 is 0 Å². The maximum absolute atomic E-state index is 12.4. The molecule has 2 atom stereocenters. The Morgan fingerprint density at radius 2 is 2.09 bits per heavy atom. The lowest BCUT2D eigenvalue weighted by Crippen LogP contribution is -2.45. The van der Waals surface area contributed by atoms with E-state index in [9.17, 15) is 14.7 Å². The number of aromatic nitrogens is 2. The lowest BCUT2D eigenvalue weighted by atomic mass is 10.2. The van der Waals surface area contributed by atoms with Crippen LogP contribution < -0.4 is 5.32 Å². The molecule has 2 saturated carbocycles. The molecule has 3 rings (SSSR count). The number of carbonyl (C=O) groups is 2. The first-order valence-electron chi connectivity index (χ1n) is 8.29. The number of amides is 1. The summed E-state index contributed by atoms with van der Waals surface area (Å²) in [4.78, 5) is 25.3. The molecule has 0 spiro atoms. The van der Waals surface area contributed by atoms with Gasteiger partial charge in [0, 0.05) is 12.1 Å². The summed E-state index contributed by atoms with van der Waals surface area (Å²) in [5.74, 6) is 0.250. The summed E-state index contributed by atoms with van der Waals surface area (Å²) in [5, 5.41) is 16.4. The highest BCUT2D eigenvalue weighted by molar-refractivity contribution is 5.92. The highest BCUT2D eigenvalue weighted by Crippen LogP contribution is 2.40. The largest absolute Gasteiger partial charge is 0.480 e. The van der Waals surface area contributed by atoms with Gasteiger partial charge in [0.25, 0.3) is 0 Å². The van der Waals surface area contributed by atoms with Gasteiger partial charge in [0.1, 0.15) is 11.9 Å². The molecule has 0 aliphatic heterocycles. The van der Waals surface area contributed by atoms with Gasteiger partial charge in [-0.05, 0) is 45.4 Å². The second kappa shape index (κ2) is 6.31. The predicted octanol–water partition coefficient (Wildman–Crippen LogP) is 1.73. The molecule has 0 radical (unpaired) electrons. The summed E-state index contributed by atoms with van der Waals surface area (Å²) in [6, 6.07) is 1.63. The molecule has 2 N–H and O–H groups in total. The average molecular weight is 320 g/mol. The summed E-state index contributed by atoms with van der Waals surface area (Å²) in [6.45, 7) is 3.85. The number of hydrogen-bond donors (Lipinski definition) is 2.